The topological polar surface area (TPSA) is 54.0 Å². The number of piperazine rings is 1. The first-order valence-electron chi connectivity index (χ1n) is 9.45. The number of benzene rings is 1. The number of halogens is 4. The van der Waals surface area contributed by atoms with Crippen LogP contribution in [0.1, 0.15) is 13.3 Å². The summed E-state index contributed by atoms with van der Waals surface area (Å²) in [6.45, 7) is 4.29. The lowest BCUT2D eigenvalue weighted by molar-refractivity contribution is -0.174. The van der Waals surface area contributed by atoms with Gasteiger partial charge in [0.1, 0.15) is 12.4 Å². The van der Waals surface area contributed by atoms with Gasteiger partial charge in [-0.3, -0.25) is 9.69 Å². The predicted molar refractivity (Wildman–Crippen MR) is 106 cm³/mol. The molecule has 1 N–H and O–H groups in total. The normalized spacial score (nSPS) is 17.2. The number of anilines is 1. The van der Waals surface area contributed by atoms with Crippen molar-refractivity contribution >= 4 is 23.2 Å². The van der Waals surface area contributed by atoms with Gasteiger partial charge in [0.05, 0.1) is 18.8 Å². The van der Waals surface area contributed by atoms with Gasteiger partial charge in [0.15, 0.2) is 0 Å². The molecular formula is C19H27ClF3N3O3. The van der Waals surface area contributed by atoms with E-state index in [1.54, 1.807) is 18.2 Å². The summed E-state index contributed by atoms with van der Waals surface area (Å²) in [7, 11) is 1.52. The van der Waals surface area contributed by atoms with Crippen molar-refractivity contribution in [2.24, 2.45) is 0 Å². The highest BCUT2D eigenvalue weighted by Crippen LogP contribution is 2.28. The first kappa shape index (κ1) is 23.7. The van der Waals surface area contributed by atoms with Crippen LogP contribution >= 0.6 is 11.6 Å². The molecule has 1 atom stereocenters. The van der Waals surface area contributed by atoms with E-state index < -0.39 is 12.8 Å². The molecule has 0 bridgehead atoms. The molecule has 0 aromatic heterocycles. The van der Waals surface area contributed by atoms with Gasteiger partial charge in [0, 0.05) is 44.4 Å². The van der Waals surface area contributed by atoms with Crippen LogP contribution in [-0.2, 0) is 9.53 Å². The van der Waals surface area contributed by atoms with E-state index >= 15 is 0 Å². The van der Waals surface area contributed by atoms with E-state index in [1.165, 1.54) is 7.11 Å². The number of nitrogens with one attached hydrogen (secondary N) is 1. The summed E-state index contributed by atoms with van der Waals surface area (Å²) in [6, 6.07) is 4.69. The van der Waals surface area contributed by atoms with Crippen molar-refractivity contribution in [2.75, 3.05) is 58.4 Å². The third kappa shape index (κ3) is 8.00. The highest BCUT2D eigenvalue weighted by atomic mass is 35.5. The van der Waals surface area contributed by atoms with E-state index in [1.807, 2.05) is 6.92 Å². The summed E-state index contributed by atoms with van der Waals surface area (Å²) >= 11 is 6.00. The Labute approximate surface area is 173 Å². The van der Waals surface area contributed by atoms with Crippen LogP contribution in [0.25, 0.3) is 0 Å². The monoisotopic (exact) mass is 437 g/mol. The van der Waals surface area contributed by atoms with Crippen LogP contribution in [0.2, 0.25) is 5.02 Å². The van der Waals surface area contributed by atoms with Crippen LogP contribution < -0.4 is 10.1 Å². The Morgan fingerprint density at radius 2 is 1.97 bits per heavy atom. The minimum Gasteiger partial charge on any atom is -0.495 e. The molecule has 2 rings (SSSR count). The molecule has 0 unspecified atom stereocenters. The molecule has 1 amide bonds. The summed E-state index contributed by atoms with van der Waals surface area (Å²) in [5, 5.41) is 3.36. The Bertz CT molecular complexity index is 668. The maximum atomic E-state index is 12.6. The fourth-order valence-corrected chi connectivity index (χ4v) is 3.31. The smallest absolute Gasteiger partial charge is 0.411 e. The zero-order chi connectivity index (χ0) is 21.4. The molecule has 1 saturated heterocycles. The SMILES string of the molecule is COc1ccc(Cl)cc1NC(=O)[C@H](C)N1CCN(CCCOCC(F)(F)F)CC1. The van der Waals surface area contributed by atoms with Gasteiger partial charge in [0.25, 0.3) is 0 Å². The Morgan fingerprint density at radius 3 is 2.59 bits per heavy atom. The minimum atomic E-state index is -4.28. The van der Waals surface area contributed by atoms with E-state index in [0.717, 1.165) is 13.1 Å². The molecule has 1 fully saturated rings. The second kappa shape index (κ2) is 11.0. The Hall–Kier alpha value is -1.55. The average molecular weight is 438 g/mol. The van der Waals surface area contributed by atoms with E-state index in [9.17, 15) is 18.0 Å². The second-order valence-electron chi connectivity index (χ2n) is 6.91. The first-order chi connectivity index (χ1) is 13.7. The molecule has 1 aromatic carbocycles. The molecule has 0 radical (unpaired) electrons. The maximum Gasteiger partial charge on any atom is 0.411 e. The lowest BCUT2D eigenvalue weighted by Crippen LogP contribution is -2.52. The van der Waals surface area contributed by atoms with E-state index in [0.29, 0.717) is 42.5 Å². The van der Waals surface area contributed by atoms with E-state index in [-0.39, 0.29) is 18.6 Å². The maximum absolute atomic E-state index is 12.6. The lowest BCUT2D eigenvalue weighted by atomic mass is 10.2. The van der Waals surface area contributed by atoms with E-state index in [4.69, 9.17) is 16.3 Å². The van der Waals surface area contributed by atoms with Gasteiger partial charge >= 0.3 is 6.18 Å². The molecule has 6 nitrogen and oxygen atoms in total. The van der Waals surface area contributed by atoms with Gasteiger partial charge in [-0.1, -0.05) is 11.6 Å². The summed E-state index contributed by atoms with van der Waals surface area (Å²) in [6.07, 6.45) is -3.74. The van der Waals surface area contributed by atoms with Crippen molar-refractivity contribution in [3.63, 3.8) is 0 Å². The summed E-state index contributed by atoms with van der Waals surface area (Å²) in [5.41, 5.74) is 0.523. The molecule has 29 heavy (non-hydrogen) atoms. The highest BCUT2D eigenvalue weighted by Gasteiger charge is 2.28. The third-order valence-electron chi connectivity index (χ3n) is 4.78. The average Bonchev–Trinajstić information content (AvgIpc) is 2.67. The van der Waals surface area contributed by atoms with Crippen molar-refractivity contribution in [1.29, 1.82) is 0 Å². The van der Waals surface area contributed by atoms with Crippen LogP contribution in [0.3, 0.4) is 0 Å². The highest BCUT2D eigenvalue weighted by molar-refractivity contribution is 6.31. The summed E-state index contributed by atoms with van der Waals surface area (Å²) in [5.74, 6) is 0.382. The zero-order valence-corrected chi connectivity index (χ0v) is 17.4. The van der Waals surface area contributed by atoms with Crippen molar-refractivity contribution in [3.05, 3.63) is 23.2 Å². The number of ether oxygens (including phenoxy) is 2. The Morgan fingerprint density at radius 1 is 1.28 bits per heavy atom. The van der Waals surface area contributed by atoms with Crippen LogP contribution in [0.5, 0.6) is 5.75 Å². The van der Waals surface area contributed by atoms with Crippen molar-refractivity contribution in [2.45, 2.75) is 25.6 Å². The van der Waals surface area contributed by atoms with Crippen molar-refractivity contribution < 1.29 is 27.4 Å². The van der Waals surface area contributed by atoms with Crippen LogP contribution in [0.15, 0.2) is 18.2 Å². The minimum absolute atomic E-state index is 0.0833. The fourth-order valence-electron chi connectivity index (χ4n) is 3.13. The molecule has 0 aliphatic carbocycles. The molecule has 0 saturated carbocycles. The summed E-state index contributed by atoms with van der Waals surface area (Å²) < 4.78 is 46.0. The number of carbonyl (C=O) groups excluding carboxylic acids is 1. The van der Waals surface area contributed by atoms with Crippen LogP contribution in [-0.4, -0.2) is 81.0 Å². The Balaban J connectivity index is 1.73. The molecule has 1 aliphatic heterocycles. The summed E-state index contributed by atoms with van der Waals surface area (Å²) in [4.78, 5) is 16.9. The van der Waals surface area contributed by atoms with Gasteiger partial charge in [-0.05, 0) is 31.5 Å². The molecule has 10 heteroatoms. The number of hydrogen-bond acceptors (Lipinski definition) is 5. The number of rotatable bonds is 9. The number of nitrogens with zero attached hydrogens (tertiary/aromatic N) is 2. The van der Waals surface area contributed by atoms with Crippen molar-refractivity contribution in [1.82, 2.24) is 9.80 Å². The lowest BCUT2D eigenvalue weighted by Gasteiger charge is -2.37. The van der Waals surface area contributed by atoms with Gasteiger partial charge in [-0.2, -0.15) is 13.2 Å². The number of carbonyl (C=O) groups is 1. The standard InChI is InChI=1S/C19H27ClF3N3O3/c1-14(18(27)24-16-12-15(20)4-5-17(16)28-2)26-9-7-25(8-10-26)6-3-11-29-13-19(21,22)23/h4-5,12,14H,3,6-11,13H2,1-2H3,(H,24,27)/t14-/m0/s1. The molecular weight excluding hydrogens is 411 g/mol. The van der Waals surface area contributed by atoms with Gasteiger partial charge in [-0.15, -0.1) is 0 Å². The predicted octanol–water partition coefficient (Wildman–Crippen LogP) is 3.26. The van der Waals surface area contributed by atoms with Gasteiger partial charge in [-0.25, -0.2) is 0 Å². The van der Waals surface area contributed by atoms with Crippen molar-refractivity contribution in [3.8, 4) is 5.75 Å². The van der Waals surface area contributed by atoms with Gasteiger partial charge in [0.2, 0.25) is 5.91 Å². The van der Waals surface area contributed by atoms with Gasteiger partial charge < -0.3 is 19.7 Å². The first-order valence-corrected chi connectivity index (χ1v) is 9.82. The molecule has 1 aliphatic rings. The van der Waals surface area contributed by atoms with Crippen LogP contribution in [0.4, 0.5) is 18.9 Å². The molecule has 0 spiro atoms. The number of alkyl halides is 3. The van der Waals surface area contributed by atoms with E-state index in [2.05, 4.69) is 19.9 Å². The number of methoxy groups -OCH3 is 1. The molecule has 164 valence electrons. The Kier molecular flexibility index (Phi) is 9.01. The zero-order valence-electron chi connectivity index (χ0n) is 16.6. The fraction of sp³-hybridized carbons (Fsp3) is 0.632. The largest absolute Gasteiger partial charge is 0.495 e. The molecule has 1 heterocycles. The third-order valence-corrected chi connectivity index (χ3v) is 5.02. The number of amides is 1. The van der Waals surface area contributed by atoms with Crippen LogP contribution in [0, 0.1) is 0 Å². The number of hydrogen-bond donors (Lipinski definition) is 1. The molecule has 1 aromatic rings. The second-order valence-corrected chi connectivity index (χ2v) is 7.35. The quantitative estimate of drug-likeness (QED) is 0.601.